The Kier molecular flexibility index (Phi) is 5.35. The number of nitrogens with two attached hydrogens (primary N) is 1. The van der Waals surface area contributed by atoms with Crippen LogP contribution < -0.4 is 10.5 Å². The maximum atomic E-state index is 6.23. The van der Waals surface area contributed by atoms with Gasteiger partial charge in [0.15, 0.2) is 0 Å². The average Bonchev–Trinajstić information content (AvgIpc) is 2.46. The molecule has 2 atom stereocenters. The first-order valence-electron chi connectivity index (χ1n) is 6.42. The van der Waals surface area contributed by atoms with Crippen LogP contribution in [-0.2, 0) is 0 Å². The molecule has 4 heteroatoms. The summed E-state index contributed by atoms with van der Waals surface area (Å²) >= 11 is 7.92. The summed E-state index contributed by atoms with van der Waals surface area (Å²) in [5.41, 5.74) is 7.31. The van der Waals surface area contributed by atoms with E-state index in [4.69, 9.17) is 22.1 Å². The Bertz CT molecular complexity index is 557. The third-order valence-corrected chi connectivity index (χ3v) is 5.02. The summed E-state index contributed by atoms with van der Waals surface area (Å²) in [6.07, 6.45) is 0. The average molecular weight is 308 g/mol. The van der Waals surface area contributed by atoms with E-state index in [1.165, 1.54) is 5.56 Å². The van der Waals surface area contributed by atoms with Crippen molar-refractivity contribution in [2.45, 2.75) is 23.1 Å². The maximum absolute atomic E-state index is 6.23. The molecule has 0 saturated heterocycles. The minimum Gasteiger partial charge on any atom is -0.497 e. The lowest BCUT2D eigenvalue weighted by atomic mass is 10.1. The van der Waals surface area contributed by atoms with Crippen LogP contribution >= 0.6 is 23.4 Å². The molecule has 0 heterocycles. The van der Waals surface area contributed by atoms with E-state index in [1.54, 1.807) is 18.9 Å². The highest BCUT2D eigenvalue weighted by molar-refractivity contribution is 7.99. The third kappa shape index (κ3) is 3.69. The van der Waals surface area contributed by atoms with Crippen molar-refractivity contribution in [2.75, 3.05) is 7.11 Å². The number of halogens is 1. The van der Waals surface area contributed by atoms with Gasteiger partial charge in [-0.15, -0.1) is 11.8 Å². The summed E-state index contributed by atoms with van der Waals surface area (Å²) in [4.78, 5) is 1.05. The van der Waals surface area contributed by atoms with E-state index in [2.05, 4.69) is 12.1 Å². The number of ether oxygens (including phenoxy) is 1. The summed E-state index contributed by atoms with van der Waals surface area (Å²) in [6, 6.07) is 15.9. The summed E-state index contributed by atoms with van der Waals surface area (Å²) in [5, 5.41) is 0.914. The molecular weight excluding hydrogens is 290 g/mol. The number of benzene rings is 2. The highest BCUT2D eigenvalue weighted by atomic mass is 35.5. The Hall–Kier alpha value is -1.16. The molecule has 2 rings (SSSR count). The van der Waals surface area contributed by atoms with Crippen LogP contribution in [0.1, 0.15) is 17.7 Å². The number of hydrogen-bond donors (Lipinski definition) is 1. The normalized spacial score (nSPS) is 13.8. The van der Waals surface area contributed by atoms with Crippen LogP contribution in [0.15, 0.2) is 53.4 Å². The first kappa shape index (κ1) is 15.2. The molecule has 0 saturated carbocycles. The molecule has 2 nitrogen and oxygen atoms in total. The van der Waals surface area contributed by atoms with Gasteiger partial charge in [0, 0.05) is 16.2 Å². The molecule has 0 radical (unpaired) electrons. The highest BCUT2D eigenvalue weighted by Crippen LogP contribution is 2.40. The molecule has 2 N–H and O–H groups in total. The Morgan fingerprint density at radius 1 is 1.10 bits per heavy atom. The van der Waals surface area contributed by atoms with Gasteiger partial charge in [-0.05, 0) is 36.8 Å². The van der Waals surface area contributed by atoms with Crippen LogP contribution in [0.3, 0.4) is 0 Å². The van der Waals surface area contributed by atoms with Gasteiger partial charge >= 0.3 is 0 Å². The van der Waals surface area contributed by atoms with E-state index in [9.17, 15) is 0 Å². The Labute approximate surface area is 129 Å². The molecule has 106 valence electrons. The van der Waals surface area contributed by atoms with Crippen molar-refractivity contribution < 1.29 is 4.74 Å². The first-order chi connectivity index (χ1) is 9.61. The quantitative estimate of drug-likeness (QED) is 0.824. The second kappa shape index (κ2) is 7.02. The number of hydrogen-bond acceptors (Lipinski definition) is 3. The molecule has 2 unspecified atom stereocenters. The van der Waals surface area contributed by atoms with Crippen LogP contribution in [0, 0.1) is 0 Å². The summed E-state index contributed by atoms with van der Waals surface area (Å²) in [5.74, 6) is 0.847. The largest absolute Gasteiger partial charge is 0.497 e. The lowest BCUT2D eigenvalue weighted by molar-refractivity contribution is 0.414. The molecule has 0 aliphatic carbocycles. The van der Waals surface area contributed by atoms with E-state index >= 15 is 0 Å². The standard InChI is InChI=1S/C16H18ClNOS/c1-11(18)16(12-7-9-13(19-2)10-8-12)20-15-6-4-3-5-14(15)17/h3-11,16H,18H2,1-2H3. The first-order valence-corrected chi connectivity index (χ1v) is 7.68. The van der Waals surface area contributed by atoms with E-state index < -0.39 is 0 Å². The zero-order valence-corrected chi connectivity index (χ0v) is 13.1. The second-order valence-electron chi connectivity index (χ2n) is 4.60. The van der Waals surface area contributed by atoms with Gasteiger partial charge in [-0.25, -0.2) is 0 Å². The third-order valence-electron chi connectivity index (χ3n) is 3.01. The Balaban J connectivity index is 2.25. The SMILES string of the molecule is COc1ccc(C(Sc2ccccc2Cl)C(C)N)cc1. The molecule has 0 spiro atoms. The zero-order chi connectivity index (χ0) is 14.5. The van der Waals surface area contributed by atoms with Crippen molar-refractivity contribution in [2.24, 2.45) is 5.73 Å². The summed E-state index contributed by atoms with van der Waals surface area (Å²) in [6.45, 7) is 2.01. The van der Waals surface area contributed by atoms with Crippen molar-refractivity contribution in [3.8, 4) is 5.75 Å². The number of thioether (sulfide) groups is 1. The van der Waals surface area contributed by atoms with Crippen LogP contribution in [-0.4, -0.2) is 13.2 Å². The van der Waals surface area contributed by atoms with Crippen LogP contribution in [0.2, 0.25) is 5.02 Å². The van der Waals surface area contributed by atoms with Crippen molar-refractivity contribution in [1.29, 1.82) is 0 Å². The topological polar surface area (TPSA) is 35.2 Å². The van der Waals surface area contributed by atoms with Crippen molar-refractivity contribution in [1.82, 2.24) is 0 Å². The van der Waals surface area contributed by atoms with Gasteiger partial charge in [-0.1, -0.05) is 35.9 Å². The fraction of sp³-hybridized carbons (Fsp3) is 0.250. The van der Waals surface area contributed by atoms with Gasteiger partial charge in [0.1, 0.15) is 5.75 Å². The fourth-order valence-electron chi connectivity index (χ4n) is 1.95. The molecular formula is C16H18ClNOS. The molecule has 20 heavy (non-hydrogen) atoms. The predicted molar refractivity (Wildman–Crippen MR) is 86.7 cm³/mol. The van der Waals surface area contributed by atoms with Crippen LogP contribution in [0.25, 0.3) is 0 Å². The predicted octanol–water partition coefficient (Wildman–Crippen LogP) is 4.53. The van der Waals surface area contributed by atoms with Gasteiger partial charge in [0.2, 0.25) is 0 Å². The van der Waals surface area contributed by atoms with Gasteiger partial charge in [0.05, 0.1) is 12.1 Å². The molecule has 0 bridgehead atoms. The summed E-state index contributed by atoms with van der Waals surface area (Å²) < 4.78 is 5.19. The minimum atomic E-state index is 0.0182. The monoisotopic (exact) mass is 307 g/mol. The molecule has 0 aliphatic heterocycles. The number of methoxy groups -OCH3 is 1. The van der Waals surface area contributed by atoms with E-state index in [0.717, 1.165) is 15.7 Å². The van der Waals surface area contributed by atoms with Crippen LogP contribution in [0.4, 0.5) is 0 Å². The zero-order valence-electron chi connectivity index (χ0n) is 11.5. The van der Waals surface area contributed by atoms with Crippen LogP contribution in [0.5, 0.6) is 5.75 Å². The van der Waals surface area contributed by atoms with Crippen molar-refractivity contribution >= 4 is 23.4 Å². The number of rotatable bonds is 5. The van der Waals surface area contributed by atoms with Gasteiger partial charge in [-0.3, -0.25) is 0 Å². The Morgan fingerprint density at radius 3 is 2.30 bits per heavy atom. The highest BCUT2D eigenvalue weighted by Gasteiger charge is 2.19. The molecule has 0 fully saturated rings. The minimum absolute atomic E-state index is 0.0182. The van der Waals surface area contributed by atoms with Gasteiger partial charge in [0.25, 0.3) is 0 Å². The smallest absolute Gasteiger partial charge is 0.118 e. The Morgan fingerprint density at radius 2 is 1.75 bits per heavy atom. The lowest BCUT2D eigenvalue weighted by Crippen LogP contribution is -2.22. The molecule has 0 aromatic heterocycles. The molecule has 2 aromatic rings. The van der Waals surface area contributed by atoms with E-state index in [1.807, 2.05) is 43.3 Å². The van der Waals surface area contributed by atoms with E-state index in [0.29, 0.717) is 0 Å². The van der Waals surface area contributed by atoms with Crippen molar-refractivity contribution in [3.63, 3.8) is 0 Å². The molecule has 2 aromatic carbocycles. The summed E-state index contributed by atoms with van der Waals surface area (Å²) in [7, 11) is 1.66. The molecule has 0 aliphatic rings. The van der Waals surface area contributed by atoms with Crippen molar-refractivity contribution in [3.05, 3.63) is 59.1 Å². The fourth-order valence-corrected chi connectivity index (χ4v) is 3.34. The maximum Gasteiger partial charge on any atom is 0.118 e. The van der Waals surface area contributed by atoms with Gasteiger partial charge in [-0.2, -0.15) is 0 Å². The second-order valence-corrected chi connectivity index (χ2v) is 6.19. The van der Waals surface area contributed by atoms with E-state index in [-0.39, 0.29) is 11.3 Å². The van der Waals surface area contributed by atoms with Gasteiger partial charge < -0.3 is 10.5 Å². The lowest BCUT2D eigenvalue weighted by Gasteiger charge is -2.21. The molecule has 0 amide bonds.